The van der Waals surface area contributed by atoms with E-state index < -0.39 is 5.79 Å². The minimum absolute atomic E-state index is 0.155. The van der Waals surface area contributed by atoms with Crippen molar-refractivity contribution in [2.24, 2.45) is 5.92 Å². The molecule has 1 aliphatic heterocycles. The molecule has 0 aromatic rings. The molecule has 0 saturated carbocycles. The van der Waals surface area contributed by atoms with Crippen LogP contribution in [0.1, 0.15) is 41.5 Å². The lowest BCUT2D eigenvalue weighted by molar-refractivity contribution is -0.159. The van der Waals surface area contributed by atoms with E-state index >= 15 is 0 Å². The molecule has 1 saturated heterocycles. The summed E-state index contributed by atoms with van der Waals surface area (Å²) < 4.78 is 11.6. The molecule has 0 amide bonds. The Labute approximate surface area is 75.2 Å². The van der Waals surface area contributed by atoms with Gasteiger partial charge in [0.1, 0.15) is 0 Å². The molecule has 72 valence electrons. The second-order valence-electron chi connectivity index (χ2n) is 4.89. The van der Waals surface area contributed by atoms with Gasteiger partial charge in [-0.05, 0) is 33.6 Å². The average Bonchev–Trinajstić information content (AvgIpc) is 1.99. The number of ether oxygens (including phenoxy) is 2. The molecule has 1 atom stereocenters. The van der Waals surface area contributed by atoms with Crippen molar-refractivity contribution >= 4 is 0 Å². The van der Waals surface area contributed by atoms with Crippen LogP contribution in [-0.4, -0.2) is 17.5 Å². The summed E-state index contributed by atoms with van der Waals surface area (Å²) in [6, 6.07) is 0. The SMILES string of the molecule is CC(C)C1OC(C)(C)OC1(C)C. The lowest BCUT2D eigenvalue weighted by Crippen LogP contribution is -2.36. The number of rotatable bonds is 1. The summed E-state index contributed by atoms with van der Waals surface area (Å²) in [6.45, 7) is 12.4. The quantitative estimate of drug-likeness (QED) is 0.605. The van der Waals surface area contributed by atoms with Gasteiger partial charge in [-0.2, -0.15) is 0 Å². The summed E-state index contributed by atoms with van der Waals surface area (Å²) in [6.07, 6.45) is 0.201. The lowest BCUT2D eigenvalue weighted by atomic mass is 9.93. The summed E-state index contributed by atoms with van der Waals surface area (Å²) in [4.78, 5) is 0. The maximum atomic E-state index is 5.80. The molecule has 0 spiro atoms. The van der Waals surface area contributed by atoms with E-state index in [0.717, 1.165) is 0 Å². The molecule has 1 rings (SSSR count). The first-order chi connectivity index (χ1) is 5.25. The molecule has 0 aliphatic carbocycles. The van der Waals surface area contributed by atoms with Crippen molar-refractivity contribution in [3.05, 3.63) is 0 Å². The Hall–Kier alpha value is -0.0800. The van der Waals surface area contributed by atoms with E-state index in [-0.39, 0.29) is 11.7 Å². The standard InChI is InChI=1S/C10H20O2/c1-7(2)8-9(3,4)12-10(5,6)11-8/h7-8H,1-6H3. The Bertz CT molecular complexity index is 171. The molecular weight excluding hydrogens is 152 g/mol. The minimum atomic E-state index is -0.418. The van der Waals surface area contributed by atoms with E-state index in [9.17, 15) is 0 Å². The summed E-state index contributed by atoms with van der Waals surface area (Å²) in [5.74, 6) is 0.0834. The third kappa shape index (κ3) is 1.80. The van der Waals surface area contributed by atoms with Crippen LogP contribution in [0.3, 0.4) is 0 Å². The van der Waals surface area contributed by atoms with Gasteiger partial charge in [-0.15, -0.1) is 0 Å². The molecule has 0 N–H and O–H groups in total. The minimum Gasteiger partial charge on any atom is -0.344 e. The fourth-order valence-corrected chi connectivity index (χ4v) is 2.10. The molecule has 1 aliphatic rings. The Kier molecular flexibility index (Phi) is 2.26. The largest absolute Gasteiger partial charge is 0.344 e. The van der Waals surface area contributed by atoms with Gasteiger partial charge in [-0.1, -0.05) is 13.8 Å². The van der Waals surface area contributed by atoms with Crippen LogP contribution >= 0.6 is 0 Å². The molecule has 0 aromatic heterocycles. The maximum Gasteiger partial charge on any atom is 0.164 e. The van der Waals surface area contributed by atoms with E-state index in [1.54, 1.807) is 0 Å². The van der Waals surface area contributed by atoms with Gasteiger partial charge in [0.25, 0.3) is 0 Å². The smallest absolute Gasteiger partial charge is 0.164 e. The number of hydrogen-bond donors (Lipinski definition) is 0. The third-order valence-electron chi connectivity index (χ3n) is 2.21. The summed E-state index contributed by atoms with van der Waals surface area (Å²) in [5, 5.41) is 0. The van der Waals surface area contributed by atoms with Gasteiger partial charge in [-0.3, -0.25) is 0 Å². The summed E-state index contributed by atoms with van der Waals surface area (Å²) in [7, 11) is 0. The second kappa shape index (κ2) is 2.71. The predicted octanol–water partition coefficient (Wildman–Crippen LogP) is 2.57. The van der Waals surface area contributed by atoms with Gasteiger partial charge in [-0.25, -0.2) is 0 Å². The highest BCUT2D eigenvalue weighted by molar-refractivity contribution is 4.90. The Morgan fingerprint density at radius 3 is 1.75 bits per heavy atom. The topological polar surface area (TPSA) is 18.5 Å². The van der Waals surface area contributed by atoms with Crippen molar-refractivity contribution in [2.75, 3.05) is 0 Å². The summed E-state index contributed by atoms with van der Waals surface area (Å²) in [5.41, 5.74) is -0.155. The Morgan fingerprint density at radius 2 is 1.58 bits per heavy atom. The van der Waals surface area contributed by atoms with Crippen LogP contribution in [0.15, 0.2) is 0 Å². The van der Waals surface area contributed by atoms with E-state index in [0.29, 0.717) is 5.92 Å². The Balaban J connectivity index is 2.78. The summed E-state index contributed by atoms with van der Waals surface area (Å²) >= 11 is 0. The van der Waals surface area contributed by atoms with Crippen molar-refractivity contribution in [2.45, 2.75) is 59.0 Å². The maximum absolute atomic E-state index is 5.80. The zero-order chi connectivity index (χ0) is 9.57. The second-order valence-corrected chi connectivity index (χ2v) is 4.89. The van der Waals surface area contributed by atoms with Gasteiger partial charge < -0.3 is 9.47 Å². The first-order valence-electron chi connectivity index (χ1n) is 4.62. The highest BCUT2D eigenvalue weighted by Crippen LogP contribution is 2.38. The molecule has 0 radical (unpaired) electrons. The van der Waals surface area contributed by atoms with Crippen molar-refractivity contribution in [1.29, 1.82) is 0 Å². The molecule has 1 unspecified atom stereocenters. The van der Waals surface area contributed by atoms with Crippen LogP contribution in [0.5, 0.6) is 0 Å². The first-order valence-corrected chi connectivity index (χ1v) is 4.62. The molecule has 2 heteroatoms. The van der Waals surface area contributed by atoms with Gasteiger partial charge >= 0.3 is 0 Å². The van der Waals surface area contributed by atoms with Gasteiger partial charge in [0.05, 0.1) is 11.7 Å². The number of hydrogen-bond acceptors (Lipinski definition) is 2. The van der Waals surface area contributed by atoms with Gasteiger partial charge in [0, 0.05) is 0 Å². The fraction of sp³-hybridized carbons (Fsp3) is 1.00. The monoisotopic (exact) mass is 172 g/mol. The molecule has 0 bridgehead atoms. The highest BCUT2D eigenvalue weighted by atomic mass is 16.8. The molecular formula is C10H20O2. The van der Waals surface area contributed by atoms with E-state index in [1.807, 2.05) is 13.8 Å². The third-order valence-corrected chi connectivity index (χ3v) is 2.21. The van der Waals surface area contributed by atoms with Gasteiger partial charge in [0.15, 0.2) is 5.79 Å². The van der Waals surface area contributed by atoms with Crippen LogP contribution in [0.2, 0.25) is 0 Å². The Morgan fingerprint density at radius 1 is 1.08 bits per heavy atom. The lowest BCUT2D eigenvalue weighted by Gasteiger charge is -2.26. The zero-order valence-corrected chi connectivity index (χ0v) is 8.97. The normalized spacial score (nSPS) is 32.8. The van der Waals surface area contributed by atoms with Crippen LogP contribution in [0.25, 0.3) is 0 Å². The van der Waals surface area contributed by atoms with Gasteiger partial charge in [0.2, 0.25) is 0 Å². The molecule has 1 heterocycles. The highest BCUT2D eigenvalue weighted by Gasteiger charge is 2.47. The van der Waals surface area contributed by atoms with Crippen LogP contribution < -0.4 is 0 Å². The van der Waals surface area contributed by atoms with Crippen LogP contribution in [0, 0.1) is 5.92 Å². The van der Waals surface area contributed by atoms with Crippen molar-refractivity contribution in [1.82, 2.24) is 0 Å². The van der Waals surface area contributed by atoms with Crippen molar-refractivity contribution in [3.63, 3.8) is 0 Å². The van der Waals surface area contributed by atoms with E-state index in [1.165, 1.54) is 0 Å². The fourth-order valence-electron chi connectivity index (χ4n) is 2.10. The molecule has 0 aromatic carbocycles. The predicted molar refractivity (Wildman–Crippen MR) is 49.0 cm³/mol. The zero-order valence-electron chi connectivity index (χ0n) is 8.97. The molecule has 1 fully saturated rings. The molecule has 12 heavy (non-hydrogen) atoms. The van der Waals surface area contributed by atoms with Crippen LogP contribution in [-0.2, 0) is 9.47 Å². The van der Waals surface area contributed by atoms with Crippen molar-refractivity contribution < 1.29 is 9.47 Å². The van der Waals surface area contributed by atoms with Crippen molar-refractivity contribution in [3.8, 4) is 0 Å². The van der Waals surface area contributed by atoms with E-state index in [2.05, 4.69) is 27.7 Å². The average molecular weight is 172 g/mol. The first kappa shape index (κ1) is 10.0. The van der Waals surface area contributed by atoms with E-state index in [4.69, 9.17) is 9.47 Å². The van der Waals surface area contributed by atoms with Crippen LogP contribution in [0.4, 0.5) is 0 Å². The molecule has 2 nitrogen and oxygen atoms in total.